The Labute approximate surface area is 115 Å². The maximum Gasteiger partial charge on any atom is 0.248 e. The number of ether oxygens (including phenoxy) is 1. The molecule has 0 spiro atoms. The quantitative estimate of drug-likeness (QED) is 0.529. The van der Waals surface area contributed by atoms with Crippen molar-refractivity contribution in [3.05, 3.63) is 0 Å². The summed E-state index contributed by atoms with van der Waals surface area (Å²) in [7, 11) is 0. The van der Waals surface area contributed by atoms with E-state index in [0.29, 0.717) is 19.4 Å². The maximum atomic E-state index is 13.4. The molecule has 3 atom stereocenters. The fourth-order valence-electron chi connectivity index (χ4n) is 3.06. The van der Waals surface area contributed by atoms with Crippen LogP contribution < -0.4 is 11.3 Å². The summed E-state index contributed by atoms with van der Waals surface area (Å²) in [4.78, 5) is 0. The van der Waals surface area contributed by atoms with Gasteiger partial charge in [0.2, 0.25) is 5.92 Å². The fourth-order valence-corrected chi connectivity index (χ4v) is 3.06. The molecule has 1 fully saturated rings. The summed E-state index contributed by atoms with van der Waals surface area (Å²) in [6, 6.07) is -0.0289. The van der Waals surface area contributed by atoms with Crippen molar-refractivity contribution in [2.75, 3.05) is 6.61 Å². The van der Waals surface area contributed by atoms with Crippen molar-refractivity contribution in [1.29, 1.82) is 0 Å². The van der Waals surface area contributed by atoms with Crippen LogP contribution in [0.2, 0.25) is 0 Å². The molecule has 3 N–H and O–H groups in total. The lowest BCUT2D eigenvalue weighted by molar-refractivity contribution is -0.0594. The predicted molar refractivity (Wildman–Crippen MR) is 73.0 cm³/mol. The van der Waals surface area contributed by atoms with Gasteiger partial charge in [-0.15, -0.1) is 0 Å². The highest BCUT2D eigenvalue weighted by Crippen LogP contribution is 2.38. The first-order valence-corrected chi connectivity index (χ1v) is 7.48. The van der Waals surface area contributed by atoms with Gasteiger partial charge in [-0.25, -0.2) is 8.78 Å². The first-order valence-electron chi connectivity index (χ1n) is 7.48. The minimum Gasteiger partial charge on any atom is -0.377 e. The first kappa shape index (κ1) is 16.8. The largest absolute Gasteiger partial charge is 0.377 e. The molecule has 1 saturated carbocycles. The van der Waals surface area contributed by atoms with Crippen molar-refractivity contribution in [3.8, 4) is 0 Å². The highest BCUT2D eigenvalue weighted by atomic mass is 19.3. The third kappa shape index (κ3) is 5.71. The highest BCUT2D eigenvalue weighted by molar-refractivity contribution is 4.84. The first-order chi connectivity index (χ1) is 9.02. The Balaban J connectivity index is 2.53. The predicted octanol–water partition coefficient (Wildman–Crippen LogP) is 3.24. The lowest BCUT2D eigenvalue weighted by Gasteiger charge is -2.34. The SMILES string of the molecule is CCCC(OCC)C(CC1CCCC(F)(F)C1)NN. The molecule has 1 aliphatic carbocycles. The van der Waals surface area contributed by atoms with E-state index >= 15 is 0 Å². The summed E-state index contributed by atoms with van der Waals surface area (Å²) < 4.78 is 32.5. The average Bonchev–Trinajstić information content (AvgIpc) is 2.34. The van der Waals surface area contributed by atoms with Crippen LogP contribution in [-0.2, 0) is 4.74 Å². The summed E-state index contributed by atoms with van der Waals surface area (Å²) in [5.41, 5.74) is 2.78. The van der Waals surface area contributed by atoms with E-state index in [0.717, 1.165) is 19.3 Å². The standard InChI is InChI=1S/C14H28F2N2O/c1-3-6-13(19-4-2)12(18-17)9-11-7-5-8-14(15,16)10-11/h11-13,18H,3-10,17H2,1-2H3. The lowest BCUT2D eigenvalue weighted by atomic mass is 9.81. The average molecular weight is 278 g/mol. The second kappa shape index (κ2) is 8.12. The molecule has 19 heavy (non-hydrogen) atoms. The zero-order valence-corrected chi connectivity index (χ0v) is 12.1. The molecule has 0 radical (unpaired) electrons. The Morgan fingerprint density at radius 3 is 2.68 bits per heavy atom. The molecule has 0 aliphatic heterocycles. The van der Waals surface area contributed by atoms with Crippen LogP contribution in [0.3, 0.4) is 0 Å². The monoisotopic (exact) mass is 278 g/mol. The van der Waals surface area contributed by atoms with Gasteiger partial charge in [0.15, 0.2) is 0 Å². The molecule has 3 nitrogen and oxygen atoms in total. The third-order valence-electron chi connectivity index (χ3n) is 3.95. The van der Waals surface area contributed by atoms with Gasteiger partial charge in [-0.2, -0.15) is 0 Å². The van der Waals surface area contributed by atoms with Gasteiger partial charge in [-0.05, 0) is 38.5 Å². The van der Waals surface area contributed by atoms with Crippen LogP contribution in [0, 0.1) is 5.92 Å². The molecule has 0 heterocycles. The smallest absolute Gasteiger partial charge is 0.248 e. The Kier molecular flexibility index (Phi) is 7.18. The molecular formula is C14H28F2N2O. The van der Waals surface area contributed by atoms with E-state index in [1.54, 1.807) is 0 Å². The van der Waals surface area contributed by atoms with E-state index in [-0.39, 0.29) is 30.9 Å². The van der Waals surface area contributed by atoms with Crippen LogP contribution in [0.5, 0.6) is 0 Å². The van der Waals surface area contributed by atoms with Crippen molar-refractivity contribution in [1.82, 2.24) is 5.43 Å². The van der Waals surface area contributed by atoms with Crippen LogP contribution in [0.4, 0.5) is 8.78 Å². The molecule has 1 aliphatic rings. The minimum absolute atomic E-state index is 0.00382. The van der Waals surface area contributed by atoms with E-state index in [1.165, 1.54) is 0 Å². The van der Waals surface area contributed by atoms with E-state index < -0.39 is 5.92 Å². The lowest BCUT2D eigenvalue weighted by Crippen LogP contribution is -2.47. The van der Waals surface area contributed by atoms with Gasteiger partial charge in [0.25, 0.3) is 0 Å². The topological polar surface area (TPSA) is 47.3 Å². The molecule has 0 amide bonds. The number of hydrogen-bond donors (Lipinski definition) is 2. The summed E-state index contributed by atoms with van der Waals surface area (Å²) >= 11 is 0. The summed E-state index contributed by atoms with van der Waals surface area (Å²) in [6.07, 6.45) is 4.13. The van der Waals surface area contributed by atoms with Crippen LogP contribution in [0.25, 0.3) is 0 Å². The van der Waals surface area contributed by atoms with Crippen molar-refractivity contribution in [2.24, 2.45) is 11.8 Å². The number of nitrogens with two attached hydrogens (primary N) is 1. The number of rotatable bonds is 8. The molecule has 0 aromatic rings. The van der Waals surface area contributed by atoms with Gasteiger partial charge in [0.1, 0.15) is 0 Å². The van der Waals surface area contributed by atoms with Crippen molar-refractivity contribution < 1.29 is 13.5 Å². The Hall–Kier alpha value is -0.260. The van der Waals surface area contributed by atoms with Crippen molar-refractivity contribution >= 4 is 0 Å². The molecular weight excluding hydrogens is 250 g/mol. The molecule has 0 aromatic carbocycles. The number of halogens is 2. The summed E-state index contributed by atoms with van der Waals surface area (Å²) in [5.74, 6) is 3.16. The van der Waals surface area contributed by atoms with E-state index in [1.807, 2.05) is 6.92 Å². The van der Waals surface area contributed by atoms with E-state index in [2.05, 4.69) is 12.3 Å². The Bertz CT molecular complexity index is 246. The fraction of sp³-hybridized carbons (Fsp3) is 1.00. The van der Waals surface area contributed by atoms with Gasteiger partial charge in [-0.3, -0.25) is 11.3 Å². The second-order valence-electron chi connectivity index (χ2n) is 5.61. The maximum absolute atomic E-state index is 13.4. The second-order valence-corrected chi connectivity index (χ2v) is 5.61. The van der Waals surface area contributed by atoms with Crippen LogP contribution in [0.1, 0.15) is 58.8 Å². The zero-order valence-electron chi connectivity index (χ0n) is 12.1. The van der Waals surface area contributed by atoms with E-state index in [9.17, 15) is 8.78 Å². The molecule has 114 valence electrons. The van der Waals surface area contributed by atoms with Crippen LogP contribution in [0.15, 0.2) is 0 Å². The van der Waals surface area contributed by atoms with Gasteiger partial charge < -0.3 is 4.74 Å². The van der Waals surface area contributed by atoms with Gasteiger partial charge in [0, 0.05) is 25.5 Å². The van der Waals surface area contributed by atoms with Gasteiger partial charge >= 0.3 is 0 Å². The molecule has 5 heteroatoms. The molecule has 3 unspecified atom stereocenters. The molecule has 0 aromatic heterocycles. The minimum atomic E-state index is -2.49. The Morgan fingerprint density at radius 2 is 2.16 bits per heavy atom. The van der Waals surface area contributed by atoms with Crippen LogP contribution >= 0.6 is 0 Å². The van der Waals surface area contributed by atoms with Gasteiger partial charge in [0.05, 0.1) is 6.10 Å². The summed E-state index contributed by atoms with van der Waals surface area (Å²) in [5, 5.41) is 0. The molecule has 1 rings (SSSR count). The number of hydrazine groups is 1. The summed E-state index contributed by atoms with van der Waals surface area (Å²) in [6.45, 7) is 4.67. The molecule has 0 bridgehead atoms. The Morgan fingerprint density at radius 1 is 1.42 bits per heavy atom. The normalized spacial score (nSPS) is 26.1. The van der Waals surface area contributed by atoms with Crippen molar-refractivity contribution in [3.63, 3.8) is 0 Å². The number of hydrogen-bond acceptors (Lipinski definition) is 3. The number of alkyl halides is 2. The number of nitrogens with one attached hydrogen (secondary N) is 1. The van der Waals surface area contributed by atoms with Crippen LogP contribution in [-0.4, -0.2) is 24.7 Å². The zero-order chi connectivity index (χ0) is 14.3. The third-order valence-corrected chi connectivity index (χ3v) is 3.95. The van der Waals surface area contributed by atoms with Crippen molar-refractivity contribution in [2.45, 2.75) is 76.9 Å². The van der Waals surface area contributed by atoms with Gasteiger partial charge in [-0.1, -0.05) is 13.3 Å². The highest BCUT2D eigenvalue weighted by Gasteiger charge is 2.37. The molecule has 0 saturated heterocycles. The van der Waals surface area contributed by atoms with E-state index in [4.69, 9.17) is 10.6 Å².